The van der Waals surface area contributed by atoms with Crippen LogP contribution in [0.25, 0.3) is 17.5 Å². The third kappa shape index (κ3) is 7.03. The Morgan fingerprint density at radius 2 is 2.13 bits per heavy atom. The molecular weight excluding hydrogens is 508 g/mol. The van der Waals surface area contributed by atoms with Crippen molar-refractivity contribution in [3.8, 4) is 17.5 Å². The molecule has 1 saturated carbocycles. The van der Waals surface area contributed by atoms with Crippen LogP contribution in [0.1, 0.15) is 30.4 Å². The second-order valence-electron chi connectivity index (χ2n) is 10.5. The Balaban J connectivity index is 1.64. The number of nitrogens with zero attached hydrogens (tertiary/aromatic N) is 5. The topological polar surface area (TPSA) is 85.1 Å². The van der Waals surface area contributed by atoms with E-state index in [1.807, 2.05) is 36.4 Å². The van der Waals surface area contributed by atoms with Gasteiger partial charge in [0.25, 0.3) is 0 Å². The molecule has 8 heteroatoms. The number of aromatic nitrogens is 2. The van der Waals surface area contributed by atoms with Gasteiger partial charge in [0.15, 0.2) is 5.82 Å². The summed E-state index contributed by atoms with van der Waals surface area (Å²) >= 11 is 6.49. The van der Waals surface area contributed by atoms with Gasteiger partial charge < -0.3 is 15.1 Å². The zero-order valence-corrected chi connectivity index (χ0v) is 23.4. The summed E-state index contributed by atoms with van der Waals surface area (Å²) < 4.78 is 0. The molecule has 2 aromatic rings. The van der Waals surface area contributed by atoms with Crippen molar-refractivity contribution >= 4 is 29.4 Å². The molecule has 0 radical (unpaired) electrons. The van der Waals surface area contributed by atoms with Gasteiger partial charge in [-0.3, -0.25) is 4.79 Å². The fourth-order valence-corrected chi connectivity index (χ4v) is 5.09. The Morgan fingerprint density at radius 1 is 1.33 bits per heavy atom. The van der Waals surface area contributed by atoms with Gasteiger partial charge in [-0.1, -0.05) is 55.1 Å². The molecule has 2 fully saturated rings. The van der Waals surface area contributed by atoms with E-state index in [0.717, 1.165) is 54.1 Å². The van der Waals surface area contributed by atoms with Gasteiger partial charge in [0.2, 0.25) is 5.91 Å². The number of benzene rings is 1. The van der Waals surface area contributed by atoms with Crippen molar-refractivity contribution in [1.82, 2.24) is 20.2 Å². The van der Waals surface area contributed by atoms with Gasteiger partial charge in [-0.25, -0.2) is 9.97 Å². The first-order valence-electron chi connectivity index (χ1n) is 13.2. The zero-order chi connectivity index (χ0) is 28.0. The highest BCUT2D eigenvalue weighted by molar-refractivity contribution is 6.31. The molecule has 1 saturated heterocycles. The van der Waals surface area contributed by atoms with Gasteiger partial charge in [-0.15, -0.1) is 0 Å². The number of allylic oxidation sites excluding steroid dienone is 5. The molecule has 1 amide bonds. The van der Waals surface area contributed by atoms with Gasteiger partial charge in [-0.05, 0) is 68.6 Å². The fourth-order valence-electron chi connectivity index (χ4n) is 4.84. The SMILES string of the molecule is C=C/C=C(C=C)/C=C/c1cc(Cl)cc(-c2ncc(CNC(=O)C3(C#N)CC3)c(N3CCC(CN(C)C)C3)n2)c1. The lowest BCUT2D eigenvalue weighted by Crippen LogP contribution is -2.32. The highest BCUT2D eigenvalue weighted by atomic mass is 35.5. The Bertz CT molecular complexity index is 1350. The van der Waals surface area contributed by atoms with E-state index in [9.17, 15) is 10.1 Å². The van der Waals surface area contributed by atoms with E-state index in [0.29, 0.717) is 29.6 Å². The molecule has 0 spiro atoms. The van der Waals surface area contributed by atoms with Crippen LogP contribution < -0.4 is 10.2 Å². The Morgan fingerprint density at radius 3 is 2.79 bits per heavy atom. The van der Waals surface area contributed by atoms with E-state index in [2.05, 4.69) is 53.4 Å². The summed E-state index contributed by atoms with van der Waals surface area (Å²) in [6, 6.07) is 7.90. The van der Waals surface area contributed by atoms with Crippen molar-refractivity contribution < 1.29 is 4.79 Å². The standard InChI is InChI=1S/C31H35ClN6O/c1-5-7-22(6-2)8-9-23-14-25(16-27(32)15-23)28-34-17-26(18-35-30(39)31(21-33)11-12-31)29(36-28)38-13-10-24(20-38)19-37(3)4/h5-9,14-17,24H,1-2,10-13,18-20H2,3-4H3,(H,35,39)/b9-8+,22-7+. The van der Waals surface area contributed by atoms with E-state index >= 15 is 0 Å². The number of amides is 1. The van der Waals surface area contributed by atoms with Crippen LogP contribution >= 0.6 is 11.6 Å². The minimum absolute atomic E-state index is 0.220. The molecule has 1 atom stereocenters. The van der Waals surface area contributed by atoms with Gasteiger partial charge in [0, 0.05) is 48.5 Å². The van der Waals surface area contributed by atoms with Crippen LogP contribution in [-0.4, -0.2) is 54.5 Å². The predicted octanol–water partition coefficient (Wildman–Crippen LogP) is 5.42. The van der Waals surface area contributed by atoms with Gasteiger partial charge in [0.1, 0.15) is 11.2 Å². The number of hydrogen-bond acceptors (Lipinski definition) is 6. The van der Waals surface area contributed by atoms with E-state index < -0.39 is 5.41 Å². The molecule has 1 unspecified atom stereocenters. The maximum absolute atomic E-state index is 12.6. The molecule has 39 heavy (non-hydrogen) atoms. The summed E-state index contributed by atoms with van der Waals surface area (Å²) in [6.45, 7) is 10.6. The lowest BCUT2D eigenvalue weighted by atomic mass is 10.1. The van der Waals surface area contributed by atoms with Gasteiger partial charge >= 0.3 is 0 Å². The van der Waals surface area contributed by atoms with Crippen LogP contribution in [0.5, 0.6) is 0 Å². The molecule has 1 aliphatic carbocycles. The second kappa shape index (κ2) is 12.4. The Labute approximate surface area is 236 Å². The normalized spacial score (nSPS) is 18.3. The Hall–Kier alpha value is -3.73. The summed E-state index contributed by atoms with van der Waals surface area (Å²) in [5.74, 6) is 1.68. The van der Waals surface area contributed by atoms with Crippen molar-refractivity contribution in [1.29, 1.82) is 5.26 Å². The summed E-state index contributed by atoms with van der Waals surface area (Å²) in [7, 11) is 4.18. The van der Waals surface area contributed by atoms with Crippen molar-refractivity contribution in [3.63, 3.8) is 0 Å². The number of nitrogens with one attached hydrogen (secondary N) is 1. The first kappa shape index (κ1) is 28.3. The van der Waals surface area contributed by atoms with Crippen LogP contribution in [-0.2, 0) is 11.3 Å². The van der Waals surface area contributed by atoms with Crippen LogP contribution in [0.2, 0.25) is 5.02 Å². The smallest absolute Gasteiger partial charge is 0.240 e. The molecule has 1 aromatic carbocycles. The molecule has 1 aliphatic heterocycles. The quantitative estimate of drug-likeness (QED) is 0.382. The largest absolute Gasteiger partial charge is 0.356 e. The first-order valence-corrected chi connectivity index (χ1v) is 13.5. The van der Waals surface area contributed by atoms with E-state index in [4.69, 9.17) is 16.6 Å². The fraction of sp³-hybridized carbons (Fsp3) is 0.355. The van der Waals surface area contributed by atoms with Crippen molar-refractivity contribution in [2.75, 3.05) is 38.6 Å². The maximum Gasteiger partial charge on any atom is 0.240 e. The first-order chi connectivity index (χ1) is 18.8. The second-order valence-corrected chi connectivity index (χ2v) is 10.9. The minimum Gasteiger partial charge on any atom is -0.356 e. The molecular formula is C31H35ClN6O. The molecule has 0 bridgehead atoms. The molecule has 7 nitrogen and oxygen atoms in total. The number of rotatable bonds is 11. The summed E-state index contributed by atoms with van der Waals surface area (Å²) in [6.07, 6.45) is 13.3. The summed E-state index contributed by atoms with van der Waals surface area (Å²) in [4.78, 5) is 26.8. The van der Waals surface area contributed by atoms with E-state index in [1.54, 1.807) is 18.3 Å². The molecule has 2 heterocycles. The van der Waals surface area contributed by atoms with Crippen LogP contribution in [0, 0.1) is 22.7 Å². The van der Waals surface area contributed by atoms with Crippen LogP contribution in [0.4, 0.5) is 5.82 Å². The molecule has 1 N–H and O–H groups in total. The maximum atomic E-state index is 12.6. The lowest BCUT2D eigenvalue weighted by molar-refractivity contribution is -0.124. The molecule has 4 rings (SSSR count). The Kier molecular flexibility index (Phi) is 9.01. The average Bonchev–Trinajstić information content (AvgIpc) is 3.60. The minimum atomic E-state index is -0.873. The number of carbonyl (C=O) groups is 1. The monoisotopic (exact) mass is 542 g/mol. The number of anilines is 1. The zero-order valence-electron chi connectivity index (χ0n) is 22.7. The number of carbonyl (C=O) groups excluding carboxylic acids is 1. The summed E-state index contributed by atoms with van der Waals surface area (Å²) in [5.41, 5.74) is 2.61. The van der Waals surface area contributed by atoms with E-state index in [1.165, 1.54) is 0 Å². The number of nitriles is 1. The lowest BCUT2D eigenvalue weighted by Gasteiger charge is -2.23. The third-order valence-electron chi connectivity index (χ3n) is 7.08. The predicted molar refractivity (Wildman–Crippen MR) is 158 cm³/mol. The van der Waals surface area contributed by atoms with Crippen molar-refractivity contribution in [3.05, 3.63) is 83.6 Å². The molecule has 1 aromatic heterocycles. The van der Waals surface area contributed by atoms with Crippen LogP contribution in [0.3, 0.4) is 0 Å². The van der Waals surface area contributed by atoms with Gasteiger partial charge in [-0.2, -0.15) is 5.26 Å². The molecule has 202 valence electrons. The highest BCUT2D eigenvalue weighted by Gasteiger charge is 2.50. The summed E-state index contributed by atoms with van der Waals surface area (Å²) in [5, 5.41) is 12.9. The molecule has 2 aliphatic rings. The van der Waals surface area contributed by atoms with Crippen molar-refractivity contribution in [2.24, 2.45) is 11.3 Å². The highest BCUT2D eigenvalue weighted by Crippen LogP contribution is 2.45. The van der Waals surface area contributed by atoms with Crippen molar-refractivity contribution in [2.45, 2.75) is 25.8 Å². The van der Waals surface area contributed by atoms with Crippen LogP contribution in [0.15, 0.2) is 67.4 Å². The third-order valence-corrected chi connectivity index (χ3v) is 7.30. The average molecular weight is 543 g/mol. The van der Waals surface area contributed by atoms with Gasteiger partial charge in [0.05, 0.1) is 6.07 Å². The number of hydrogen-bond donors (Lipinski definition) is 1. The van der Waals surface area contributed by atoms with E-state index in [-0.39, 0.29) is 12.5 Å². The number of halogens is 1.